The Morgan fingerprint density at radius 3 is 2.76 bits per heavy atom. The monoisotopic (exact) mass is 338 g/mol. The fourth-order valence-electron chi connectivity index (χ4n) is 2.78. The van der Waals surface area contributed by atoms with Gasteiger partial charge >= 0.3 is 0 Å². The molecule has 0 aliphatic rings. The average molecular weight is 338 g/mol. The van der Waals surface area contributed by atoms with E-state index >= 15 is 0 Å². The molecule has 0 atom stereocenters. The number of carbonyl (C=O) groups is 1. The molecule has 2 heterocycles. The molecule has 5 nitrogen and oxygen atoms in total. The first-order chi connectivity index (χ1) is 12.1. The molecule has 1 N–H and O–H groups in total. The van der Waals surface area contributed by atoms with Crippen LogP contribution >= 0.6 is 0 Å². The topological polar surface area (TPSA) is 59.8 Å². The minimum Gasteiger partial charge on any atom is -0.346 e. The molecular formula is C19H19FN4O. The van der Waals surface area contributed by atoms with E-state index in [2.05, 4.69) is 15.4 Å². The molecular weight excluding hydrogens is 319 g/mol. The lowest BCUT2D eigenvalue weighted by atomic mass is 10.1. The van der Waals surface area contributed by atoms with Crippen LogP contribution in [0.4, 0.5) is 4.39 Å². The van der Waals surface area contributed by atoms with Gasteiger partial charge in [0, 0.05) is 6.20 Å². The van der Waals surface area contributed by atoms with Crippen LogP contribution < -0.4 is 5.32 Å². The van der Waals surface area contributed by atoms with Crippen LogP contribution in [0.25, 0.3) is 5.69 Å². The lowest BCUT2D eigenvalue weighted by Gasteiger charge is -2.09. The first kappa shape index (κ1) is 16.8. The molecule has 0 aliphatic heterocycles. The normalized spacial score (nSPS) is 10.7. The SMILES string of the molecule is CCc1c(C(=O)NCc2ccccn2)c(C)nn1-c1cccc(F)c1. The molecule has 6 heteroatoms. The number of halogens is 1. The van der Waals surface area contributed by atoms with E-state index in [9.17, 15) is 9.18 Å². The Bertz CT molecular complexity index is 890. The highest BCUT2D eigenvalue weighted by Crippen LogP contribution is 2.20. The highest BCUT2D eigenvalue weighted by atomic mass is 19.1. The van der Waals surface area contributed by atoms with E-state index in [1.807, 2.05) is 25.1 Å². The van der Waals surface area contributed by atoms with Crippen LogP contribution in [0.1, 0.15) is 34.4 Å². The van der Waals surface area contributed by atoms with Gasteiger partial charge in [-0.1, -0.05) is 19.1 Å². The van der Waals surface area contributed by atoms with Crippen molar-refractivity contribution in [3.63, 3.8) is 0 Å². The van der Waals surface area contributed by atoms with Gasteiger partial charge in [0.2, 0.25) is 0 Å². The number of pyridine rings is 1. The fourth-order valence-corrected chi connectivity index (χ4v) is 2.78. The number of carbonyl (C=O) groups excluding carboxylic acids is 1. The van der Waals surface area contributed by atoms with Crippen LogP contribution in [0.15, 0.2) is 48.7 Å². The number of benzene rings is 1. The number of aromatic nitrogens is 3. The predicted molar refractivity (Wildman–Crippen MR) is 93.0 cm³/mol. The largest absolute Gasteiger partial charge is 0.346 e. The second kappa shape index (κ2) is 7.25. The maximum Gasteiger partial charge on any atom is 0.255 e. The van der Waals surface area contributed by atoms with Gasteiger partial charge in [0.05, 0.1) is 34.9 Å². The summed E-state index contributed by atoms with van der Waals surface area (Å²) < 4.78 is 15.2. The van der Waals surface area contributed by atoms with Crippen molar-refractivity contribution >= 4 is 5.91 Å². The van der Waals surface area contributed by atoms with E-state index in [1.54, 1.807) is 29.9 Å². The summed E-state index contributed by atoms with van der Waals surface area (Å²) in [6, 6.07) is 11.7. The summed E-state index contributed by atoms with van der Waals surface area (Å²) in [7, 11) is 0. The number of nitrogens with zero attached hydrogens (tertiary/aromatic N) is 3. The molecule has 2 aromatic heterocycles. The molecule has 3 rings (SSSR count). The Labute approximate surface area is 145 Å². The van der Waals surface area contributed by atoms with Crippen molar-refractivity contribution in [3.05, 3.63) is 77.1 Å². The Balaban J connectivity index is 1.90. The molecule has 0 aliphatic carbocycles. The van der Waals surface area contributed by atoms with Crippen LogP contribution in [0, 0.1) is 12.7 Å². The van der Waals surface area contributed by atoms with Crippen molar-refractivity contribution < 1.29 is 9.18 Å². The highest BCUT2D eigenvalue weighted by molar-refractivity contribution is 5.96. The Morgan fingerprint density at radius 1 is 1.24 bits per heavy atom. The van der Waals surface area contributed by atoms with E-state index in [0.717, 1.165) is 11.4 Å². The van der Waals surface area contributed by atoms with Crippen molar-refractivity contribution in [1.29, 1.82) is 0 Å². The van der Waals surface area contributed by atoms with Crippen molar-refractivity contribution in [2.75, 3.05) is 0 Å². The lowest BCUT2D eigenvalue weighted by Crippen LogP contribution is -2.25. The van der Waals surface area contributed by atoms with Crippen LogP contribution in [-0.2, 0) is 13.0 Å². The maximum atomic E-state index is 13.5. The number of hydrogen-bond acceptors (Lipinski definition) is 3. The highest BCUT2D eigenvalue weighted by Gasteiger charge is 2.21. The zero-order chi connectivity index (χ0) is 17.8. The first-order valence-electron chi connectivity index (χ1n) is 8.12. The molecule has 128 valence electrons. The van der Waals surface area contributed by atoms with Gasteiger partial charge in [0.25, 0.3) is 5.91 Å². The summed E-state index contributed by atoms with van der Waals surface area (Å²) in [4.78, 5) is 16.9. The predicted octanol–water partition coefficient (Wildman–Crippen LogP) is 3.21. The van der Waals surface area contributed by atoms with E-state index < -0.39 is 0 Å². The molecule has 0 unspecified atom stereocenters. The molecule has 0 bridgehead atoms. The Morgan fingerprint density at radius 2 is 2.08 bits per heavy atom. The fraction of sp³-hybridized carbons (Fsp3) is 0.211. The average Bonchev–Trinajstić information content (AvgIpc) is 2.97. The van der Waals surface area contributed by atoms with Crippen LogP contribution in [0.5, 0.6) is 0 Å². The summed E-state index contributed by atoms with van der Waals surface area (Å²) in [5.41, 5.74) is 3.27. The van der Waals surface area contributed by atoms with Crippen LogP contribution in [0.2, 0.25) is 0 Å². The third-order valence-corrected chi connectivity index (χ3v) is 3.93. The number of hydrogen-bond donors (Lipinski definition) is 1. The molecule has 0 radical (unpaired) electrons. The maximum absolute atomic E-state index is 13.5. The summed E-state index contributed by atoms with van der Waals surface area (Å²) >= 11 is 0. The van der Waals surface area contributed by atoms with Gasteiger partial charge in [-0.2, -0.15) is 5.10 Å². The van der Waals surface area contributed by atoms with Crippen molar-refractivity contribution in [1.82, 2.24) is 20.1 Å². The second-order valence-electron chi connectivity index (χ2n) is 5.66. The molecule has 0 fully saturated rings. The smallest absolute Gasteiger partial charge is 0.255 e. The number of nitrogens with one attached hydrogen (secondary N) is 1. The third-order valence-electron chi connectivity index (χ3n) is 3.93. The number of rotatable bonds is 5. The van der Waals surface area contributed by atoms with Gasteiger partial charge < -0.3 is 5.32 Å². The number of aryl methyl sites for hydroxylation is 1. The molecule has 0 spiro atoms. The molecule has 25 heavy (non-hydrogen) atoms. The molecule has 1 aromatic carbocycles. The van der Waals surface area contributed by atoms with Gasteiger partial charge in [0.1, 0.15) is 5.82 Å². The van der Waals surface area contributed by atoms with Crippen molar-refractivity contribution in [2.45, 2.75) is 26.8 Å². The zero-order valence-electron chi connectivity index (χ0n) is 14.2. The van der Waals surface area contributed by atoms with E-state index in [4.69, 9.17) is 0 Å². The second-order valence-corrected chi connectivity index (χ2v) is 5.66. The molecule has 3 aromatic rings. The summed E-state index contributed by atoms with van der Waals surface area (Å²) in [5.74, 6) is -0.545. The summed E-state index contributed by atoms with van der Waals surface area (Å²) in [6.07, 6.45) is 2.29. The van der Waals surface area contributed by atoms with Crippen LogP contribution in [0.3, 0.4) is 0 Å². The van der Waals surface area contributed by atoms with E-state index in [1.165, 1.54) is 12.1 Å². The molecule has 1 amide bonds. The molecule has 0 saturated carbocycles. The Kier molecular flexibility index (Phi) is 4.88. The van der Waals surface area contributed by atoms with Crippen molar-refractivity contribution in [3.8, 4) is 5.69 Å². The minimum atomic E-state index is -0.339. The van der Waals surface area contributed by atoms with E-state index in [0.29, 0.717) is 29.9 Å². The first-order valence-corrected chi connectivity index (χ1v) is 8.12. The zero-order valence-corrected chi connectivity index (χ0v) is 14.2. The quantitative estimate of drug-likeness (QED) is 0.777. The standard InChI is InChI=1S/C19H19FN4O/c1-3-17-18(19(25)22-12-15-8-4-5-10-21-15)13(2)23-24(17)16-9-6-7-14(20)11-16/h4-11H,3,12H2,1-2H3,(H,22,25). The summed E-state index contributed by atoms with van der Waals surface area (Å²) in [5, 5.41) is 7.32. The lowest BCUT2D eigenvalue weighted by molar-refractivity contribution is 0.0949. The third kappa shape index (κ3) is 3.57. The minimum absolute atomic E-state index is 0.206. The van der Waals surface area contributed by atoms with E-state index in [-0.39, 0.29) is 11.7 Å². The van der Waals surface area contributed by atoms with Crippen molar-refractivity contribution in [2.24, 2.45) is 0 Å². The van der Waals surface area contributed by atoms with Gasteiger partial charge in [-0.15, -0.1) is 0 Å². The van der Waals surface area contributed by atoms with Crippen LogP contribution in [-0.4, -0.2) is 20.7 Å². The summed E-state index contributed by atoms with van der Waals surface area (Å²) in [6.45, 7) is 4.07. The van der Waals surface area contributed by atoms with Gasteiger partial charge in [-0.25, -0.2) is 9.07 Å². The Hall–Kier alpha value is -3.02. The van der Waals surface area contributed by atoms with Gasteiger partial charge in [-0.3, -0.25) is 9.78 Å². The number of amides is 1. The van der Waals surface area contributed by atoms with Gasteiger partial charge in [0.15, 0.2) is 0 Å². The molecule has 0 saturated heterocycles. The van der Waals surface area contributed by atoms with Gasteiger partial charge in [-0.05, 0) is 43.7 Å².